The summed E-state index contributed by atoms with van der Waals surface area (Å²) >= 11 is 1.52. The number of methoxy groups -OCH3 is 1. The molecule has 0 atom stereocenters. The van der Waals surface area contributed by atoms with Gasteiger partial charge < -0.3 is 10.5 Å². The number of hydrogen-bond donors (Lipinski definition) is 1. The number of nitrogens with zero attached hydrogens (tertiary/aromatic N) is 1. The average Bonchev–Trinajstić information content (AvgIpc) is 2.77. The minimum absolute atomic E-state index is 0.357. The van der Waals surface area contributed by atoms with E-state index in [4.69, 9.17) is 10.5 Å². The summed E-state index contributed by atoms with van der Waals surface area (Å²) in [6.07, 6.45) is 5.10. The van der Waals surface area contributed by atoms with Crippen molar-refractivity contribution in [3.8, 4) is 11.1 Å². The Bertz CT molecular complexity index is 689. The second-order valence-corrected chi connectivity index (χ2v) is 7.32. The van der Waals surface area contributed by atoms with Crippen LogP contribution < -0.4 is 5.73 Å². The smallest absolute Gasteiger partial charge is 0.341 e. The van der Waals surface area contributed by atoms with Crippen molar-refractivity contribution >= 4 is 22.3 Å². The molecule has 1 saturated heterocycles. The third-order valence-corrected chi connectivity index (χ3v) is 5.53. The number of likely N-dealkylation sites (tertiary alicyclic amines) is 1. The number of ether oxygens (including phenoxy) is 1. The van der Waals surface area contributed by atoms with Crippen molar-refractivity contribution in [2.75, 3.05) is 25.9 Å². The third kappa shape index (κ3) is 3.62. The Morgan fingerprint density at radius 1 is 1.17 bits per heavy atom. The fourth-order valence-corrected chi connectivity index (χ4v) is 4.44. The first-order valence-electron chi connectivity index (χ1n) is 8.48. The summed E-state index contributed by atoms with van der Waals surface area (Å²) in [6.45, 7) is 3.06. The molecule has 1 aliphatic heterocycles. The van der Waals surface area contributed by atoms with Crippen molar-refractivity contribution in [1.29, 1.82) is 0 Å². The third-order valence-electron chi connectivity index (χ3n) is 4.53. The molecular weight excluding hydrogens is 320 g/mol. The van der Waals surface area contributed by atoms with E-state index in [-0.39, 0.29) is 5.97 Å². The number of benzene rings is 1. The van der Waals surface area contributed by atoms with E-state index in [9.17, 15) is 4.79 Å². The zero-order chi connectivity index (χ0) is 16.9. The van der Waals surface area contributed by atoms with Crippen LogP contribution in [0.2, 0.25) is 0 Å². The number of carbonyl (C=O) groups is 1. The number of thiophene rings is 1. The zero-order valence-corrected chi connectivity index (χ0v) is 14.9. The van der Waals surface area contributed by atoms with Crippen LogP contribution in [-0.2, 0) is 11.3 Å². The van der Waals surface area contributed by atoms with Crippen LogP contribution >= 0.6 is 11.3 Å². The summed E-state index contributed by atoms with van der Waals surface area (Å²) in [7, 11) is 1.41. The highest BCUT2D eigenvalue weighted by molar-refractivity contribution is 7.17. The molecule has 2 heterocycles. The van der Waals surface area contributed by atoms with Crippen LogP contribution in [0.15, 0.2) is 30.3 Å². The van der Waals surface area contributed by atoms with Gasteiger partial charge in [-0.2, -0.15) is 0 Å². The first-order valence-corrected chi connectivity index (χ1v) is 9.29. The highest BCUT2D eigenvalue weighted by atomic mass is 32.1. The second kappa shape index (κ2) is 7.81. The number of rotatable bonds is 4. The van der Waals surface area contributed by atoms with Crippen molar-refractivity contribution in [1.82, 2.24) is 4.90 Å². The molecular formula is C19H24N2O2S. The summed E-state index contributed by atoms with van der Waals surface area (Å²) in [5, 5.41) is 0.547. The van der Waals surface area contributed by atoms with Crippen LogP contribution in [0.4, 0.5) is 5.00 Å². The number of hydrogen-bond acceptors (Lipinski definition) is 5. The van der Waals surface area contributed by atoms with Gasteiger partial charge in [-0.15, -0.1) is 11.3 Å². The van der Waals surface area contributed by atoms with Crippen LogP contribution in [0, 0.1) is 0 Å². The zero-order valence-electron chi connectivity index (χ0n) is 14.1. The minimum Gasteiger partial charge on any atom is -0.465 e. The molecule has 0 spiro atoms. The van der Waals surface area contributed by atoms with Crippen molar-refractivity contribution < 1.29 is 9.53 Å². The predicted octanol–water partition coefficient (Wildman–Crippen LogP) is 4.16. The highest BCUT2D eigenvalue weighted by Gasteiger charge is 2.25. The van der Waals surface area contributed by atoms with Gasteiger partial charge in [0.25, 0.3) is 0 Å². The molecule has 0 saturated carbocycles. The molecule has 4 nitrogen and oxygen atoms in total. The Morgan fingerprint density at radius 2 is 1.83 bits per heavy atom. The molecule has 24 heavy (non-hydrogen) atoms. The van der Waals surface area contributed by atoms with Gasteiger partial charge in [0, 0.05) is 17.0 Å². The van der Waals surface area contributed by atoms with Gasteiger partial charge in [0.2, 0.25) is 0 Å². The molecule has 1 fully saturated rings. The Labute approximate surface area is 147 Å². The minimum atomic E-state index is -0.357. The Kier molecular flexibility index (Phi) is 5.53. The molecule has 0 unspecified atom stereocenters. The molecule has 1 aromatic heterocycles. The maximum atomic E-state index is 12.3. The van der Waals surface area contributed by atoms with Gasteiger partial charge >= 0.3 is 5.97 Å². The highest BCUT2D eigenvalue weighted by Crippen LogP contribution is 2.40. The predicted molar refractivity (Wildman–Crippen MR) is 99.3 cm³/mol. The molecule has 2 N–H and O–H groups in total. The van der Waals surface area contributed by atoms with Crippen molar-refractivity contribution in [2.24, 2.45) is 0 Å². The van der Waals surface area contributed by atoms with Crippen molar-refractivity contribution in [3.63, 3.8) is 0 Å². The SMILES string of the molecule is COC(=O)c1c(N)sc(CN2CCCCCC2)c1-c1ccccc1. The topological polar surface area (TPSA) is 55.6 Å². The normalized spacial score (nSPS) is 15.9. The van der Waals surface area contributed by atoms with Crippen molar-refractivity contribution in [2.45, 2.75) is 32.2 Å². The molecule has 128 valence electrons. The summed E-state index contributed by atoms with van der Waals surface area (Å²) in [4.78, 5) is 15.9. The maximum absolute atomic E-state index is 12.3. The van der Waals surface area contributed by atoms with Crippen LogP contribution in [0.1, 0.15) is 40.9 Å². The lowest BCUT2D eigenvalue weighted by Crippen LogP contribution is -2.23. The number of nitrogen functional groups attached to an aromatic ring is 1. The lowest BCUT2D eigenvalue weighted by molar-refractivity contribution is 0.0603. The summed E-state index contributed by atoms with van der Waals surface area (Å²) < 4.78 is 4.98. The molecule has 1 aromatic carbocycles. The van der Waals surface area contributed by atoms with Crippen LogP contribution in [0.5, 0.6) is 0 Å². The van der Waals surface area contributed by atoms with E-state index in [0.717, 1.165) is 35.6 Å². The van der Waals surface area contributed by atoms with Crippen LogP contribution in [-0.4, -0.2) is 31.1 Å². The summed E-state index contributed by atoms with van der Waals surface area (Å²) in [5.74, 6) is -0.357. The first-order chi connectivity index (χ1) is 11.7. The monoisotopic (exact) mass is 344 g/mol. The molecule has 0 radical (unpaired) electrons. The van der Waals surface area contributed by atoms with Gasteiger partial charge in [0.1, 0.15) is 10.6 Å². The number of anilines is 1. The standard InChI is InChI=1S/C19H24N2O2S/c1-23-19(22)17-16(14-9-5-4-6-10-14)15(24-18(17)20)13-21-11-7-2-3-8-12-21/h4-6,9-10H,2-3,7-8,11-13,20H2,1H3. The van der Waals surface area contributed by atoms with E-state index in [2.05, 4.69) is 4.90 Å². The lowest BCUT2D eigenvalue weighted by atomic mass is 10.0. The van der Waals surface area contributed by atoms with Crippen LogP contribution in [0.25, 0.3) is 11.1 Å². The average molecular weight is 344 g/mol. The van der Waals surface area contributed by atoms with Gasteiger partial charge in [-0.05, 0) is 31.5 Å². The summed E-state index contributed by atoms with van der Waals surface area (Å²) in [5.41, 5.74) is 8.67. The number of esters is 1. The molecule has 5 heteroatoms. The molecule has 0 amide bonds. The van der Waals surface area contributed by atoms with E-state index >= 15 is 0 Å². The number of carbonyl (C=O) groups excluding carboxylic acids is 1. The van der Waals surface area contributed by atoms with E-state index < -0.39 is 0 Å². The fourth-order valence-electron chi connectivity index (χ4n) is 3.32. The molecule has 0 bridgehead atoms. The lowest BCUT2D eigenvalue weighted by Gasteiger charge is -2.20. The van der Waals surface area contributed by atoms with E-state index in [1.54, 1.807) is 0 Å². The Hall–Kier alpha value is -1.85. The van der Waals surface area contributed by atoms with Crippen molar-refractivity contribution in [3.05, 3.63) is 40.8 Å². The summed E-state index contributed by atoms with van der Waals surface area (Å²) in [6, 6.07) is 10.0. The van der Waals surface area contributed by atoms with E-state index in [1.165, 1.54) is 44.1 Å². The van der Waals surface area contributed by atoms with E-state index in [1.807, 2.05) is 30.3 Å². The quantitative estimate of drug-likeness (QED) is 0.846. The van der Waals surface area contributed by atoms with Gasteiger partial charge in [-0.1, -0.05) is 43.2 Å². The fraction of sp³-hybridized carbons (Fsp3) is 0.421. The van der Waals surface area contributed by atoms with Gasteiger partial charge in [-0.3, -0.25) is 4.90 Å². The van der Waals surface area contributed by atoms with E-state index in [0.29, 0.717) is 10.6 Å². The Balaban J connectivity index is 2.00. The molecule has 1 aliphatic rings. The van der Waals surface area contributed by atoms with Gasteiger partial charge in [-0.25, -0.2) is 4.79 Å². The molecule has 0 aliphatic carbocycles. The number of nitrogens with two attached hydrogens (primary N) is 1. The van der Waals surface area contributed by atoms with Crippen LogP contribution in [0.3, 0.4) is 0 Å². The largest absolute Gasteiger partial charge is 0.465 e. The molecule has 3 rings (SSSR count). The van der Waals surface area contributed by atoms with Gasteiger partial charge in [0.15, 0.2) is 0 Å². The maximum Gasteiger partial charge on any atom is 0.341 e. The van der Waals surface area contributed by atoms with Gasteiger partial charge in [0.05, 0.1) is 7.11 Å². The Morgan fingerprint density at radius 3 is 2.46 bits per heavy atom. The second-order valence-electron chi connectivity index (χ2n) is 6.19. The first kappa shape index (κ1) is 17.0. The molecule has 2 aromatic rings.